The summed E-state index contributed by atoms with van der Waals surface area (Å²) in [5, 5.41) is 17.6. The van der Waals surface area contributed by atoms with Crippen LogP contribution < -0.4 is 0 Å². The van der Waals surface area contributed by atoms with Gasteiger partial charge in [-0.15, -0.1) is 22.7 Å². The molecule has 32 heavy (non-hydrogen) atoms. The number of nitro benzene ring substituents is 1. The maximum Gasteiger partial charge on any atom is 0.269 e. The van der Waals surface area contributed by atoms with Crippen molar-refractivity contribution in [3.8, 4) is 26.6 Å². The molecule has 0 spiro atoms. The van der Waals surface area contributed by atoms with Gasteiger partial charge in [-0.2, -0.15) is 0 Å². The smallest absolute Gasteiger partial charge is 0.269 e. The predicted molar refractivity (Wildman–Crippen MR) is 134 cm³/mol. The van der Waals surface area contributed by atoms with E-state index in [9.17, 15) is 10.1 Å². The number of nitro groups is 1. The number of fused-ring (bicyclic) bond motifs is 3. The first-order chi connectivity index (χ1) is 15.7. The number of benzene rings is 3. The summed E-state index contributed by atoms with van der Waals surface area (Å²) >= 11 is 3.46. The zero-order chi connectivity index (χ0) is 21.7. The molecule has 4 nitrogen and oxygen atoms in total. The average Bonchev–Trinajstić information content (AvgIpc) is 3.59. The van der Waals surface area contributed by atoms with Crippen LogP contribution in [0.1, 0.15) is 0 Å². The van der Waals surface area contributed by atoms with Crippen LogP contribution in [0.5, 0.6) is 0 Å². The van der Waals surface area contributed by atoms with Crippen molar-refractivity contribution in [2.45, 2.75) is 0 Å². The van der Waals surface area contributed by atoms with Gasteiger partial charge in [0.2, 0.25) is 0 Å². The fourth-order valence-electron chi connectivity index (χ4n) is 4.22. The Balaban J connectivity index is 1.64. The molecule has 0 aliphatic heterocycles. The summed E-state index contributed by atoms with van der Waals surface area (Å²) in [6, 6.07) is 28.3. The molecule has 0 bridgehead atoms. The van der Waals surface area contributed by atoms with Crippen molar-refractivity contribution in [2.24, 2.45) is 0 Å². The standard InChI is InChI=1S/C26H16N2O2S2/c29-28(30)20-9-7-19(8-10-20)27-23-11-5-17(25-3-1-13-31-25)15-21(23)22-16-18(6-12-24(22)27)26-4-2-14-32-26/h1-16H. The average molecular weight is 453 g/mol. The van der Waals surface area contributed by atoms with E-state index in [1.165, 1.54) is 31.7 Å². The van der Waals surface area contributed by atoms with Crippen molar-refractivity contribution in [3.05, 3.63) is 106 Å². The van der Waals surface area contributed by atoms with Crippen molar-refractivity contribution in [1.29, 1.82) is 0 Å². The summed E-state index contributed by atoms with van der Waals surface area (Å²) in [6.45, 7) is 0. The Hall–Kier alpha value is -3.74. The zero-order valence-electron chi connectivity index (χ0n) is 16.8. The highest BCUT2D eigenvalue weighted by molar-refractivity contribution is 7.13. The molecule has 0 saturated carbocycles. The van der Waals surface area contributed by atoms with E-state index in [4.69, 9.17) is 0 Å². The van der Waals surface area contributed by atoms with E-state index in [1.807, 2.05) is 12.1 Å². The van der Waals surface area contributed by atoms with Crippen LogP contribution in [-0.2, 0) is 0 Å². The van der Waals surface area contributed by atoms with Crippen molar-refractivity contribution in [1.82, 2.24) is 4.57 Å². The highest BCUT2D eigenvalue weighted by Crippen LogP contribution is 2.38. The number of aromatic nitrogens is 1. The number of thiophene rings is 2. The third-order valence-corrected chi connectivity index (χ3v) is 7.53. The van der Waals surface area contributed by atoms with E-state index < -0.39 is 0 Å². The van der Waals surface area contributed by atoms with Crippen LogP contribution in [0, 0.1) is 10.1 Å². The van der Waals surface area contributed by atoms with E-state index in [2.05, 4.69) is 76.0 Å². The fraction of sp³-hybridized carbons (Fsp3) is 0. The number of non-ortho nitro benzene ring substituents is 1. The molecule has 0 saturated heterocycles. The quantitative estimate of drug-likeness (QED) is 0.200. The van der Waals surface area contributed by atoms with Gasteiger partial charge in [-0.3, -0.25) is 10.1 Å². The number of nitrogens with zero attached hydrogens (tertiary/aromatic N) is 2. The highest BCUT2D eigenvalue weighted by Gasteiger charge is 2.16. The van der Waals surface area contributed by atoms with Gasteiger partial charge in [0.1, 0.15) is 0 Å². The molecule has 3 aromatic heterocycles. The molecule has 0 unspecified atom stereocenters. The van der Waals surface area contributed by atoms with Crippen LogP contribution in [0.2, 0.25) is 0 Å². The van der Waals surface area contributed by atoms with Gasteiger partial charge in [-0.05, 0) is 70.4 Å². The molecule has 0 aliphatic rings. The lowest BCUT2D eigenvalue weighted by molar-refractivity contribution is -0.384. The molecule has 6 rings (SSSR count). The molecule has 6 aromatic rings. The Morgan fingerprint density at radius 3 is 1.66 bits per heavy atom. The Morgan fingerprint density at radius 1 is 0.688 bits per heavy atom. The van der Waals surface area contributed by atoms with Crippen LogP contribution in [0.25, 0.3) is 48.4 Å². The second kappa shape index (κ2) is 7.44. The van der Waals surface area contributed by atoms with Crippen molar-refractivity contribution in [2.75, 3.05) is 0 Å². The third kappa shape index (κ3) is 3.04. The summed E-state index contributed by atoms with van der Waals surface area (Å²) in [5.41, 5.74) is 5.54. The molecule has 0 N–H and O–H groups in total. The minimum Gasteiger partial charge on any atom is -0.309 e. The van der Waals surface area contributed by atoms with Gasteiger partial charge in [-0.25, -0.2) is 0 Å². The normalized spacial score (nSPS) is 11.4. The first-order valence-electron chi connectivity index (χ1n) is 10.1. The number of rotatable bonds is 4. The van der Waals surface area contributed by atoms with Gasteiger partial charge < -0.3 is 4.57 Å². The zero-order valence-corrected chi connectivity index (χ0v) is 18.4. The van der Waals surface area contributed by atoms with Crippen LogP contribution >= 0.6 is 22.7 Å². The van der Waals surface area contributed by atoms with E-state index in [-0.39, 0.29) is 10.6 Å². The first kappa shape index (κ1) is 19.0. The van der Waals surface area contributed by atoms with Crippen LogP contribution in [0.15, 0.2) is 95.7 Å². The largest absolute Gasteiger partial charge is 0.309 e. The van der Waals surface area contributed by atoms with E-state index in [0.29, 0.717) is 0 Å². The molecular weight excluding hydrogens is 436 g/mol. The molecule has 6 heteroatoms. The van der Waals surface area contributed by atoms with Gasteiger partial charge in [0.05, 0.1) is 16.0 Å². The van der Waals surface area contributed by atoms with Crippen molar-refractivity contribution >= 4 is 50.2 Å². The summed E-state index contributed by atoms with van der Waals surface area (Å²) in [6.07, 6.45) is 0. The molecule has 0 atom stereocenters. The van der Waals surface area contributed by atoms with Crippen LogP contribution in [-0.4, -0.2) is 9.49 Å². The Morgan fingerprint density at radius 2 is 1.22 bits per heavy atom. The van der Waals surface area contributed by atoms with Crippen LogP contribution in [0.4, 0.5) is 5.69 Å². The maximum atomic E-state index is 11.1. The molecule has 3 heterocycles. The first-order valence-corrected chi connectivity index (χ1v) is 11.9. The highest BCUT2D eigenvalue weighted by atomic mass is 32.1. The number of hydrogen-bond acceptors (Lipinski definition) is 4. The summed E-state index contributed by atoms with van der Waals surface area (Å²) in [4.78, 5) is 13.2. The Labute approximate surface area is 191 Å². The second-order valence-corrected chi connectivity index (χ2v) is 9.42. The maximum absolute atomic E-state index is 11.1. The minimum absolute atomic E-state index is 0.0921. The van der Waals surface area contributed by atoms with Crippen molar-refractivity contribution in [3.63, 3.8) is 0 Å². The molecule has 3 aromatic carbocycles. The molecule has 0 radical (unpaired) electrons. The Bertz CT molecular complexity index is 1490. The lowest BCUT2D eigenvalue weighted by Crippen LogP contribution is -1.95. The monoisotopic (exact) mass is 452 g/mol. The lowest BCUT2D eigenvalue weighted by atomic mass is 10.1. The van der Waals surface area contributed by atoms with E-state index in [1.54, 1.807) is 34.8 Å². The van der Waals surface area contributed by atoms with E-state index in [0.717, 1.165) is 16.7 Å². The summed E-state index contributed by atoms with van der Waals surface area (Å²) in [7, 11) is 0. The summed E-state index contributed by atoms with van der Waals surface area (Å²) in [5.74, 6) is 0. The third-order valence-electron chi connectivity index (χ3n) is 5.70. The van der Waals surface area contributed by atoms with E-state index >= 15 is 0 Å². The van der Waals surface area contributed by atoms with Gasteiger partial charge >= 0.3 is 0 Å². The molecule has 0 fully saturated rings. The molecule has 0 amide bonds. The lowest BCUT2D eigenvalue weighted by Gasteiger charge is -2.08. The molecular formula is C26H16N2O2S2. The topological polar surface area (TPSA) is 48.1 Å². The SMILES string of the molecule is O=[N+]([O-])c1ccc(-n2c3ccc(-c4cccs4)cc3c3cc(-c4cccs4)ccc32)cc1. The van der Waals surface area contributed by atoms with Crippen molar-refractivity contribution < 1.29 is 4.92 Å². The molecule has 0 aliphatic carbocycles. The summed E-state index contributed by atoms with van der Waals surface area (Å²) < 4.78 is 2.19. The molecule has 154 valence electrons. The predicted octanol–water partition coefficient (Wildman–Crippen LogP) is 8.15. The van der Waals surface area contributed by atoms with Gasteiger partial charge in [-0.1, -0.05) is 24.3 Å². The van der Waals surface area contributed by atoms with Crippen LogP contribution in [0.3, 0.4) is 0 Å². The van der Waals surface area contributed by atoms with Gasteiger partial charge in [0.25, 0.3) is 5.69 Å². The fourth-order valence-corrected chi connectivity index (χ4v) is 5.66. The number of hydrogen-bond donors (Lipinski definition) is 0. The van der Waals surface area contributed by atoms with Gasteiger partial charge in [0.15, 0.2) is 0 Å². The Kier molecular flexibility index (Phi) is 4.41. The second-order valence-electron chi connectivity index (χ2n) is 7.53. The minimum atomic E-state index is -0.365. The van der Waals surface area contributed by atoms with Gasteiger partial charge in [0, 0.05) is 38.3 Å².